The standard InChI is InChI=1S/C18H21N3O4S/c1-3-21(4-2)26(24,25)17-10-6-8-15(12-17)18(23)20-19-13-14-7-5-9-16(22)11-14/h5-13,22H,3-4H2,1-2H3,(H,20,23)/b19-13-. The van der Waals surface area contributed by atoms with Gasteiger partial charge >= 0.3 is 0 Å². The van der Waals surface area contributed by atoms with Crippen molar-refractivity contribution >= 4 is 22.1 Å². The highest BCUT2D eigenvalue weighted by molar-refractivity contribution is 7.89. The summed E-state index contributed by atoms with van der Waals surface area (Å²) in [6.07, 6.45) is 1.38. The van der Waals surface area contributed by atoms with E-state index in [1.165, 1.54) is 46.9 Å². The lowest BCUT2D eigenvalue weighted by atomic mass is 10.2. The minimum atomic E-state index is -3.64. The third kappa shape index (κ3) is 4.68. The second kappa shape index (κ2) is 8.59. The Morgan fingerprint density at radius 2 is 1.85 bits per heavy atom. The summed E-state index contributed by atoms with van der Waals surface area (Å²) in [6, 6.07) is 12.2. The molecular weight excluding hydrogens is 354 g/mol. The first-order valence-corrected chi connectivity index (χ1v) is 9.55. The predicted octanol–water partition coefficient (Wildman–Crippen LogP) is 2.19. The quantitative estimate of drug-likeness (QED) is 0.572. The lowest BCUT2D eigenvalue weighted by molar-refractivity contribution is 0.0955. The summed E-state index contributed by atoms with van der Waals surface area (Å²) in [5.41, 5.74) is 3.14. The molecule has 7 nitrogen and oxygen atoms in total. The van der Waals surface area contributed by atoms with Crippen molar-refractivity contribution < 1.29 is 18.3 Å². The fraction of sp³-hybridized carbons (Fsp3) is 0.222. The average Bonchev–Trinajstić information content (AvgIpc) is 2.62. The number of carbonyl (C=O) groups is 1. The van der Waals surface area contributed by atoms with E-state index in [2.05, 4.69) is 10.5 Å². The van der Waals surface area contributed by atoms with Crippen LogP contribution in [0.25, 0.3) is 0 Å². The molecule has 0 fully saturated rings. The zero-order valence-electron chi connectivity index (χ0n) is 14.6. The molecule has 0 aliphatic carbocycles. The molecule has 0 heterocycles. The smallest absolute Gasteiger partial charge is 0.271 e. The van der Waals surface area contributed by atoms with E-state index >= 15 is 0 Å². The maximum absolute atomic E-state index is 12.5. The highest BCUT2D eigenvalue weighted by Crippen LogP contribution is 2.17. The Hall–Kier alpha value is -2.71. The molecule has 0 aromatic heterocycles. The van der Waals surface area contributed by atoms with E-state index in [4.69, 9.17) is 0 Å². The molecule has 0 radical (unpaired) electrons. The second-order valence-corrected chi connectivity index (χ2v) is 7.35. The number of nitrogens with zero attached hydrogens (tertiary/aromatic N) is 2. The van der Waals surface area contributed by atoms with Crippen LogP contribution >= 0.6 is 0 Å². The lowest BCUT2D eigenvalue weighted by Crippen LogP contribution is -2.30. The Morgan fingerprint density at radius 1 is 1.15 bits per heavy atom. The minimum absolute atomic E-state index is 0.0609. The maximum Gasteiger partial charge on any atom is 0.271 e. The molecule has 0 saturated carbocycles. The van der Waals surface area contributed by atoms with Crippen molar-refractivity contribution in [3.63, 3.8) is 0 Å². The van der Waals surface area contributed by atoms with Crippen molar-refractivity contribution in [3.05, 3.63) is 59.7 Å². The summed E-state index contributed by atoms with van der Waals surface area (Å²) in [5, 5.41) is 13.2. The van der Waals surface area contributed by atoms with E-state index in [1.54, 1.807) is 26.0 Å². The normalized spacial score (nSPS) is 11.8. The van der Waals surface area contributed by atoms with Gasteiger partial charge in [0.1, 0.15) is 5.75 Å². The summed E-state index contributed by atoms with van der Waals surface area (Å²) in [5.74, 6) is -0.437. The number of hydrogen-bond donors (Lipinski definition) is 2. The highest BCUT2D eigenvalue weighted by atomic mass is 32.2. The molecule has 2 rings (SSSR count). The maximum atomic E-state index is 12.5. The number of nitrogens with one attached hydrogen (secondary N) is 1. The molecule has 0 saturated heterocycles. The first-order valence-electron chi connectivity index (χ1n) is 8.11. The molecule has 0 bridgehead atoms. The average molecular weight is 375 g/mol. The fourth-order valence-electron chi connectivity index (χ4n) is 2.35. The van der Waals surface area contributed by atoms with Crippen LogP contribution in [-0.2, 0) is 10.0 Å². The van der Waals surface area contributed by atoms with Crippen LogP contribution in [0.1, 0.15) is 29.8 Å². The SMILES string of the molecule is CCN(CC)S(=O)(=O)c1cccc(C(=O)N/N=C\c2cccc(O)c2)c1. The Balaban J connectivity index is 2.15. The van der Waals surface area contributed by atoms with Gasteiger partial charge in [-0.25, -0.2) is 13.8 Å². The minimum Gasteiger partial charge on any atom is -0.508 e. The number of phenolic OH excluding ortho intramolecular Hbond substituents is 1. The van der Waals surface area contributed by atoms with Gasteiger partial charge in [-0.3, -0.25) is 4.79 Å². The van der Waals surface area contributed by atoms with Gasteiger partial charge < -0.3 is 5.11 Å². The van der Waals surface area contributed by atoms with Crippen LogP contribution in [0.4, 0.5) is 0 Å². The van der Waals surface area contributed by atoms with Crippen LogP contribution in [-0.4, -0.2) is 43.0 Å². The molecule has 2 aromatic rings. The second-order valence-electron chi connectivity index (χ2n) is 5.41. The van der Waals surface area contributed by atoms with Crippen molar-refractivity contribution in [1.82, 2.24) is 9.73 Å². The topological polar surface area (TPSA) is 99.1 Å². The molecule has 2 aromatic carbocycles. The number of hydrogen-bond acceptors (Lipinski definition) is 5. The number of rotatable bonds is 7. The summed E-state index contributed by atoms with van der Waals surface area (Å²) < 4.78 is 26.4. The van der Waals surface area contributed by atoms with Crippen molar-refractivity contribution in [2.75, 3.05) is 13.1 Å². The number of carbonyl (C=O) groups excluding carboxylic acids is 1. The Morgan fingerprint density at radius 3 is 2.50 bits per heavy atom. The van der Waals surface area contributed by atoms with E-state index in [9.17, 15) is 18.3 Å². The van der Waals surface area contributed by atoms with E-state index in [0.29, 0.717) is 18.7 Å². The molecule has 2 N–H and O–H groups in total. The fourth-order valence-corrected chi connectivity index (χ4v) is 3.85. The monoisotopic (exact) mass is 375 g/mol. The van der Waals surface area contributed by atoms with Gasteiger partial charge in [0, 0.05) is 18.7 Å². The van der Waals surface area contributed by atoms with Crippen LogP contribution in [0, 0.1) is 0 Å². The van der Waals surface area contributed by atoms with Gasteiger partial charge in [0.25, 0.3) is 5.91 Å². The van der Waals surface area contributed by atoms with Gasteiger partial charge in [-0.15, -0.1) is 0 Å². The first kappa shape index (κ1) is 19.6. The molecule has 8 heteroatoms. The summed E-state index contributed by atoms with van der Waals surface area (Å²) in [4.78, 5) is 12.3. The van der Waals surface area contributed by atoms with Crippen LogP contribution < -0.4 is 5.43 Å². The molecule has 0 spiro atoms. The van der Waals surface area contributed by atoms with Crippen LogP contribution in [0.5, 0.6) is 5.75 Å². The third-order valence-corrected chi connectivity index (χ3v) is 5.74. The van der Waals surface area contributed by atoms with Gasteiger partial charge in [-0.1, -0.05) is 32.0 Å². The summed E-state index contributed by atoms with van der Waals surface area (Å²) in [6.45, 7) is 4.22. The third-order valence-electron chi connectivity index (χ3n) is 3.69. The van der Waals surface area contributed by atoms with Crippen molar-refractivity contribution in [2.45, 2.75) is 18.7 Å². The molecule has 0 aliphatic heterocycles. The van der Waals surface area contributed by atoms with Crippen LogP contribution in [0.15, 0.2) is 58.5 Å². The van der Waals surface area contributed by atoms with Gasteiger partial charge in [0.05, 0.1) is 11.1 Å². The number of benzene rings is 2. The molecule has 26 heavy (non-hydrogen) atoms. The van der Waals surface area contributed by atoms with Crippen molar-refractivity contribution in [3.8, 4) is 5.75 Å². The predicted molar refractivity (Wildman–Crippen MR) is 99.7 cm³/mol. The Kier molecular flexibility index (Phi) is 6.48. The van der Waals surface area contributed by atoms with Crippen LogP contribution in [0.3, 0.4) is 0 Å². The van der Waals surface area contributed by atoms with Gasteiger partial charge in [-0.2, -0.15) is 9.41 Å². The van der Waals surface area contributed by atoms with E-state index in [0.717, 1.165) is 0 Å². The number of hydrazone groups is 1. The zero-order valence-corrected chi connectivity index (χ0v) is 15.4. The lowest BCUT2D eigenvalue weighted by Gasteiger charge is -2.18. The van der Waals surface area contributed by atoms with Crippen molar-refractivity contribution in [2.24, 2.45) is 5.10 Å². The van der Waals surface area contributed by atoms with Gasteiger partial charge in [0.15, 0.2) is 0 Å². The summed E-state index contributed by atoms with van der Waals surface area (Å²) in [7, 11) is -3.64. The Bertz CT molecular complexity index is 906. The molecule has 0 atom stereocenters. The van der Waals surface area contributed by atoms with E-state index in [-0.39, 0.29) is 16.2 Å². The molecule has 1 amide bonds. The molecular formula is C18H21N3O4S. The zero-order chi connectivity index (χ0) is 19.2. The first-order chi connectivity index (χ1) is 12.4. The largest absolute Gasteiger partial charge is 0.508 e. The van der Waals surface area contributed by atoms with Gasteiger partial charge in [0.2, 0.25) is 10.0 Å². The number of amides is 1. The van der Waals surface area contributed by atoms with E-state index in [1.807, 2.05) is 0 Å². The van der Waals surface area contributed by atoms with Gasteiger partial charge in [-0.05, 0) is 35.9 Å². The molecule has 0 unspecified atom stereocenters. The van der Waals surface area contributed by atoms with Crippen molar-refractivity contribution in [1.29, 1.82) is 0 Å². The molecule has 0 aliphatic rings. The van der Waals surface area contributed by atoms with Crippen LogP contribution in [0.2, 0.25) is 0 Å². The number of phenols is 1. The highest BCUT2D eigenvalue weighted by Gasteiger charge is 2.22. The summed E-state index contributed by atoms with van der Waals surface area (Å²) >= 11 is 0. The number of sulfonamides is 1. The van der Waals surface area contributed by atoms with E-state index < -0.39 is 15.9 Å². The Labute approximate surface area is 153 Å². The molecule has 138 valence electrons. The number of aromatic hydroxyl groups is 1.